The smallest absolute Gasteiger partial charge is 0.233 e. The van der Waals surface area contributed by atoms with E-state index in [1.807, 2.05) is 18.5 Å². The highest BCUT2D eigenvalue weighted by atomic mass is 32.2. The first-order chi connectivity index (χ1) is 10.5. The molecule has 0 saturated heterocycles. The van der Waals surface area contributed by atoms with Gasteiger partial charge >= 0.3 is 0 Å². The quantitative estimate of drug-likeness (QED) is 0.865. The fraction of sp³-hybridized carbons (Fsp3) is 0.812. The average Bonchev–Trinajstić information content (AvgIpc) is 2.82. The molecule has 5 nitrogen and oxygen atoms in total. The third kappa shape index (κ3) is 2.55. The van der Waals surface area contributed by atoms with Gasteiger partial charge in [-0.2, -0.15) is 0 Å². The Kier molecular flexibility index (Phi) is 3.47. The molecule has 6 heteroatoms. The molecule has 0 aliphatic heterocycles. The van der Waals surface area contributed by atoms with Crippen LogP contribution in [0.5, 0.6) is 0 Å². The number of thioether (sulfide) groups is 1. The lowest BCUT2D eigenvalue weighted by atomic mass is 9.53. The van der Waals surface area contributed by atoms with Crippen LogP contribution in [0.25, 0.3) is 0 Å². The van der Waals surface area contributed by atoms with E-state index in [0.29, 0.717) is 0 Å². The summed E-state index contributed by atoms with van der Waals surface area (Å²) in [7, 11) is 1.91. The van der Waals surface area contributed by atoms with Gasteiger partial charge in [0.2, 0.25) is 5.91 Å². The van der Waals surface area contributed by atoms with E-state index >= 15 is 0 Å². The number of aromatic nitrogens is 3. The summed E-state index contributed by atoms with van der Waals surface area (Å²) in [6.45, 7) is 1.97. The molecule has 0 radical (unpaired) electrons. The molecule has 1 heterocycles. The number of hydrogen-bond donors (Lipinski definition) is 1. The van der Waals surface area contributed by atoms with E-state index in [2.05, 4.69) is 15.5 Å². The van der Waals surface area contributed by atoms with Crippen molar-refractivity contribution in [1.82, 2.24) is 20.1 Å². The zero-order chi connectivity index (χ0) is 15.3. The summed E-state index contributed by atoms with van der Waals surface area (Å²) in [6.07, 6.45) is 9.48. The number of nitrogens with zero attached hydrogens (tertiary/aromatic N) is 3. The Morgan fingerprint density at radius 2 is 1.91 bits per heavy atom. The van der Waals surface area contributed by atoms with Crippen LogP contribution in [-0.4, -0.2) is 31.5 Å². The lowest BCUT2D eigenvalue weighted by Crippen LogP contribution is -2.60. The molecule has 1 amide bonds. The average molecular weight is 320 g/mol. The van der Waals surface area contributed by atoms with Crippen molar-refractivity contribution in [3.8, 4) is 0 Å². The number of amides is 1. The van der Waals surface area contributed by atoms with Gasteiger partial charge in [0.1, 0.15) is 6.33 Å². The third-order valence-corrected chi connectivity index (χ3v) is 6.90. The van der Waals surface area contributed by atoms with Crippen LogP contribution in [0.3, 0.4) is 0 Å². The van der Waals surface area contributed by atoms with Crippen LogP contribution < -0.4 is 5.32 Å². The van der Waals surface area contributed by atoms with Gasteiger partial charge in [0, 0.05) is 12.6 Å². The van der Waals surface area contributed by atoms with Crippen LogP contribution in [0.1, 0.15) is 45.4 Å². The maximum absolute atomic E-state index is 12.7. The predicted octanol–water partition coefficient (Wildman–Crippen LogP) is 2.38. The second-order valence-corrected chi connectivity index (χ2v) is 8.98. The van der Waals surface area contributed by atoms with Crippen molar-refractivity contribution in [3.63, 3.8) is 0 Å². The minimum Gasteiger partial charge on any atom is -0.350 e. The maximum Gasteiger partial charge on any atom is 0.233 e. The van der Waals surface area contributed by atoms with Crippen LogP contribution >= 0.6 is 11.8 Å². The summed E-state index contributed by atoms with van der Waals surface area (Å²) in [4.78, 5) is 12.7. The van der Waals surface area contributed by atoms with E-state index in [9.17, 15) is 4.79 Å². The number of carbonyl (C=O) groups excluding carboxylic acids is 1. The largest absolute Gasteiger partial charge is 0.350 e. The SMILES string of the molecule is CC(Sc1nncn1C)C(=O)NC12CC3CC(CC(C3)C1)C2. The lowest BCUT2D eigenvalue weighted by molar-refractivity contribution is -0.126. The lowest BCUT2D eigenvalue weighted by Gasteiger charge is -2.57. The fourth-order valence-corrected chi connectivity index (χ4v) is 6.01. The van der Waals surface area contributed by atoms with E-state index in [1.165, 1.54) is 50.3 Å². The Balaban J connectivity index is 1.42. The molecular formula is C16H24N4OS. The van der Waals surface area contributed by atoms with Gasteiger partial charge in [0.05, 0.1) is 5.25 Å². The molecule has 0 spiro atoms. The van der Waals surface area contributed by atoms with Crippen molar-refractivity contribution in [1.29, 1.82) is 0 Å². The second-order valence-electron chi connectivity index (χ2n) is 7.67. The number of hydrogen-bond acceptors (Lipinski definition) is 4. The fourth-order valence-electron chi connectivity index (χ4n) is 5.22. The molecule has 1 atom stereocenters. The van der Waals surface area contributed by atoms with E-state index in [1.54, 1.807) is 6.33 Å². The first-order valence-electron chi connectivity index (χ1n) is 8.36. The summed E-state index contributed by atoms with van der Waals surface area (Å²) in [5, 5.41) is 12.0. The van der Waals surface area contributed by atoms with Crippen molar-refractivity contribution in [2.24, 2.45) is 24.8 Å². The predicted molar refractivity (Wildman–Crippen MR) is 85.4 cm³/mol. The molecule has 1 unspecified atom stereocenters. The van der Waals surface area contributed by atoms with Gasteiger partial charge in [-0.1, -0.05) is 11.8 Å². The number of carbonyl (C=O) groups is 1. The normalized spacial score (nSPS) is 37.3. The third-order valence-electron chi connectivity index (χ3n) is 5.75. The topological polar surface area (TPSA) is 59.8 Å². The molecule has 22 heavy (non-hydrogen) atoms. The van der Waals surface area contributed by atoms with E-state index in [-0.39, 0.29) is 16.7 Å². The summed E-state index contributed by atoms with van der Waals surface area (Å²) < 4.78 is 1.86. The summed E-state index contributed by atoms with van der Waals surface area (Å²) >= 11 is 1.49. The van der Waals surface area contributed by atoms with Crippen LogP contribution in [0.4, 0.5) is 0 Å². The van der Waals surface area contributed by atoms with Crippen molar-refractivity contribution >= 4 is 17.7 Å². The molecule has 5 rings (SSSR count). The molecule has 4 fully saturated rings. The monoisotopic (exact) mass is 320 g/mol. The Morgan fingerprint density at radius 1 is 1.32 bits per heavy atom. The zero-order valence-corrected chi connectivity index (χ0v) is 14.1. The van der Waals surface area contributed by atoms with Crippen LogP contribution in [0.2, 0.25) is 0 Å². The molecule has 4 bridgehead atoms. The molecule has 4 saturated carbocycles. The number of rotatable bonds is 4. The Bertz CT molecular complexity index is 549. The second kappa shape index (κ2) is 5.25. The van der Waals surface area contributed by atoms with Gasteiger partial charge in [-0.15, -0.1) is 10.2 Å². The summed E-state index contributed by atoms with van der Waals surface area (Å²) in [5.74, 6) is 2.73. The van der Waals surface area contributed by atoms with Crippen LogP contribution in [-0.2, 0) is 11.8 Å². The molecule has 0 aromatic carbocycles. The summed E-state index contributed by atoms with van der Waals surface area (Å²) in [5.41, 5.74) is 0.0978. The van der Waals surface area contributed by atoms with Gasteiger partial charge in [0.15, 0.2) is 5.16 Å². The van der Waals surface area contributed by atoms with Crippen molar-refractivity contribution in [2.75, 3.05) is 0 Å². The first kappa shape index (κ1) is 14.5. The minimum absolute atomic E-state index is 0.0978. The van der Waals surface area contributed by atoms with Crippen molar-refractivity contribution in [2.45, 2.75) is 61.4 Å². The van der Waals surface area contributed by atoms with Gasteiger partial charge in [0.25, 0.3) is 0 Å². The van der Waals surface area contributed by atoms with Gasteiger partial charge in [-0.25, -0.2) is 0 Å². The van der Waals surface area contributed by atoms with Gasteiger partial charge < -0.3 is 9.88 Å². The van der Waals surface area contributed by atoms with Gasteiger partial charge in [-0.3, -0.25) is 4.79 Å². The molecule has 1 aromatic heterocycles. The molecule has 4 aliphatic carbocycles. The van der Waals surface area contributed by atoms with Crippen LogP contribution in [0, 0.1) is 17.8 Å². The summed E-state index contributed by atoms with van der Waals surface area (Å²) in [6, 6.07) is 0. The highest BCUT2D eigenvalue weighted by molar-refractivity contribution is 8.00. The molecule has 1 aromatic rings. The van der Waals surface area contributed by atoms with Crippen LogP contribution in [0.15, 0.2) is 11.5 Å². The Morgan fingerprint density at radius 3 is 2.41 bits per heavy atom. The van der Waals surface area contributed by atoms with Crippen molar-refractivity contribution < 1.29 is 4.79 Å². The zero-order valence-electron chi connectivity index (χ0n) is 13.3. The van der Waals surface area contributed by atoms with Crippen molar-refractivity contribution in [3.05, 3.63) is 6.33 Å². The van der Waals surface area contributed by atoms with E-state index < -0.39 is 0 Å². The Hall–Kier alpha value is -1.04. The van der Waals surface area contributed by atoms with E-state index in [4.69, 9.17) is 0 Å². The highest BCUT2D eigenvalue weighted by Gasteiger charge is 2.51. The van der Waals surface area contributed by atoms with Gasteiger partial charge in [-0.05, 0) is 63.2 Å². The maximum atomic E-state index is 12.7. The minimum atomic E-state index is -0.129. The highest BCUT2D eigenvalue weighted by Crippen LogP contribution is 2.55. The number of nitrogens with one attached hydrogen (secondary N) is 1. The standard InChI is InChI=1S/C16H24N4OS/c1-10(22-15-19-17-9-20(15)2)14(21)18-16-6-11-3-12(7-16)5-13(4-11)8-16/h9-13H,3-8H2,1-2H3,(H,18,21). The molecular weight excluding hydrogens is 296 g/mol. The first-order valence-corrected chi connectivity index (χ1v) is 9.24. The molecule has 1 N–H and O–H groups in total. The molecule has 4 aliphatic rings. The molecule has 120 valence electrons. The Labute approximate surface area is 135 Å². The van der Waals surface area contributed by atoms with E-state index in [0.717, 1.165) is 22.9 Å². The number of aryl methyl sites for hydroxylation is 1.